The average molecular weight is 447 g/mol. The second kappa shape index (κ2) is 7.92. The second-order valence-electron chi connectivity index (χ2n) is 7.95. The number of carbonyl (C=O) groups is 3. The average Bonchev–Trinajstić information content (AvgIpc) is 3.48. The molecular formula is C20H22FN5O4S. The highest BCUT2D eigenvalue weighted by atomic mass is 32.1. The summed E-state index contributed by atoms with van der Waals surface area (Å²) in [6.07, 6.45) is -0.251. The van der Waals surface area contributed by atoms with Gasteiger partial charge in [-0.3, -0.25) is 19.4 Å². The molecule has 0 N–H and O–H groups in total. The zero-order valence-electron chi connectivity index (χ0n) is 17.0. The van der Waals surface area contributed by atoms with Gasteiger partial charge in [0.25, 0.3) is 5.24 Å². The van der Waals surface area contributed by atoms with E-state index in [0.717, 1.165) is 0 Å². The molecule has 3 amide bonds. The van der Waals surface area contributed by atoms with E-state index in [1.165, 1.54) is 22.9 Å². The smallest absolute Gasteiger partial charge is 0.416 e. The number of likely N-dealkylation sites (N-methyl/N-ethyl adjacent to an activating group) is 1. The zero-order valence-corrected chi connectivity index (χ0v) is 17.8. The molecule has 1 atom stereocenters. The van der Waals surface area contributed by atoms with Gasteiger partial charge in [0, 0.05) is 33.2 Å². The monoisotopic (exact) mass is 447 g/mol. The largest absolute Gasteiger partial charge is 0.423 e. The molecule has 1 saturated carbocycles. The van der Waals surface area contributed by atoms with Gasteiger partial charge in [-0.1, -0.05) is 12.6 Å². The minimum Gasteiger partial charge on any atom is -0.423 e. The maximum Gasteiger partial charge on any atom is 0.416 e. The Morgan fingerprint density at radius 3 is 2.52 bits per heavy atom. The van der Waals surface area contributed by atoms with Gasteiger partial charge < -0.3 is 14.5 Å². The van der Waals surface area contributed by atoms with Crippen LogP contribution in [-0.4, -0.2) is 73.0 Å². The van der Waals surface area contributed by atoms with Gasteiger partial charge in [-0.2, -0.15) is 5.26 Å². The zero-order chi connectivity index (χ0) is 22.3. The number of hydrogen-bond acceptors (Lipinski definition) is 6. The molecule has 0 spiro atoms. The number of carbonyl (C=O) groups excluding carboxylic acids is 3. The summed E-state index contributed by atoms with van der Waals surface area (Å²) in [7, 11) is 1.46. The van der Waals surface area contributed by atoms with Gasteiger partial charge in [-0.15, -0.1) is 0 Å². The van der Waals surface area contributed by atoms with Crippen LogP contribution >= 0.6 is 12.6 Å². The van der Waals surface area contributed by atoms with E-state index in [0.29, 0.717) is 50.4 Å². The lowest BCUT2D eigenvalue weighted by atomic mass is 10.1. The van der Waals surface area contributed by atoms with E-state index in [2.05, 4.69) is 18.7 Å². The Morgan fingerprint density at radius 2 is 1.97 bits per heavy atom. The van der Waals surface area contributed by atoms with E-state index in [1.807, 2.05) is 4.90 Å². The molecule has 1 unspecified atom stereocenters. The van der Waals surface area contributed by atoms with Gasteiger partial charge in [-0.05, 0) is 31.0 Å². The molecule has 1 aliphatic carbocycles. The normalized spacial score (nSPS) is 22.1. The highest BCUT2D eigenvalue weighted by molar-refractivity contribution is 7.96. The number of cyclic esters (lactones) is 1. The van der Waals surface area contributed by atoms with Crippen molar-refractivity contribution < 1.29 is 23.5 Å². The summed E-state index contributed by atoms with van der Waals surface area (Å²) in [5.74, 6) is -0.625. The van der Waals surface area contributed by atoms with Crippen LogP contribution in [0.5, 0.6) is 0 Å². The Morgan fingerprint density at radius 1 is 1.29 bits per heavy atom. The molecule has 3 aliphatic rings. The minimum atomic E-state index is -0.844. The van der Waals surface area contributed by atoms with Gasteiger partial charge >= 0.3 is 6.09 Å². The van der Waals surface area contributed by atoms with Gasteiger partial charge in [-0.25, -0.2) is 9.18 Å². The summed E-state index contributed by atoms with van der Waals surface area (Å²) in [5.41, 5.74) is -0.139. The lowest BCUT2D eigenvalue weighted by Crippen LogP contribution is -2.51. The van der Waals surface area contributed by atoms with E-state index >= 15 is 0 Å². The summed E-state index contributed by atoms with van der Waals surface area (Å²) < 4.78 is 20.1. The molecule has 2 aliphatic heterocycles. The first-order valence-corrected chi connectivity index (χ1v) is 10.4. The SMILES string of the molecule is CN(C(=O)S)C1CN(c2ccc(N3CCN(C(=O)C4(C#N)CC4)CC3)c(F)c2)C(=O)O1. The standard InChI is InChI=1S/C20H22FN5O4S/c1-23(19(29)31)16-11-26(18(28)30-16)13-2-3-15(14(21)10-13)24-6-8-25(9-7-24)17(27)20(12-22)4-5-20/h2-3,10,16H,4-9,11H2,1H3,(H,29,31). The molecule has 0 radical (unpaired) electrons. The highest BCUT2D eigenvalue weighted by Crippen LogP contribution is 2.46. The van der Waals surface area contributed by atoms with Crippen molar-refractivity contribution in [1.29, 1.82) is 5.26 Å². The third kappa shape index (κ3) is 3.87. The number of rotatable bonds is 4. The van der Waals surface area contributed by atoms with Crippen molar-refractivity contribution in [2.45, 2.75) is 19.1 Å². The first-order chi connectivity index (χ1) is 14.8. The van der Waals surface area contributed by atoms with Gasteiger partial charge in [0.1, 0.15) is 11.2 Å². The molecule has 0 aromatic heterocycles. The Kier molecular flexibility index (Phi) is 5.43. The van der Waals surface area contributed by atoms with E-state index < -0.39 is 28.8 Å². The summed E-state index contributed by atoms with van der Waals surface area (Å²) in [6, 6.07) is 6.59. The number of thiol groups is 1. The summed E-state index contributed by atoms with van der Waals surface area (Å²) in [5, 5.41) is 8.67. The molecule has 2 heterocycles. The number of halogens is 1. The Balaban J connectivity index is 1.41. The first-order valence-electron chi connectivity index (χ1n) is 9.95. The van der Waals surface area contributed by atoms with Gasteiger partial charge in [0.15, 0.2) is 6.23 Å². The fourth-order valence-electron chi connectivity index (χ4n) is 3.86. The van der Waals surface area contributed by atoms with E-state index in [9.17, 15) is 24.0 Å². The van der Waals surface area contributed by atoms with Crippen LogP contribution in [0.1, 0.15) is 12.8 Å². The molecule has 1 aromatic rings. The summed E-state index contributed by atoms with van der Waals surface area (Å²) in [4.78, 5) is 42.0. The number of benzene rings is 1. The van der Waals surface area contributed by atoms with Crippen molar-refractivity contribution in [2.24, 2.45) is 5.41 Å². The lowest BCUT2D eigenvalue weighted by molar-refractivity contribution is -0.135. The van der Waals surface area contributed by atoms with Crippen LogP contribution in [0.15, 0.2) is 18.2 Å². The predicted octanol–water partition coefficient (Wildman–Crippen LogP) is 2.04. The number of hydrogen-bond donors (Lipinski definition) is 1. The number of anilines is 2. The van der Waals surface area contributed by atoms with Crippen molar-refractivity contribution in [3.63, 3.8) is 0 Å². The Labute approximate surface area is 184 Å². The van der Waals surface area contributed by atoms with Crippen LogP contribution in [0.4, 0.5) is 25.4 Å². The van der Waals surface area contributed by atoms with E-state index in [4.69, 9.17) is 4.74 Å². The van der Waals surface area contributed by atoms with Crippen LogP contribution in [-0.2, 0) is 9.53 Å². The van der Waals surface area contributed by atoms with Crippen molar-refractivity contribution in [1.82, 2.24) is 9.80 Å². The van der Waals surface area contributed by atoms with E-state index in [1.54, 1.807) is 17.0 Å². The Hall–Kier alpha value is -3.00. The maximum atomic E-state index is 14.9. The molecule has 1 aromatic carbocycles. The van der Waals surface area contributed by atoms with Crippen molar-refractivity contribution in [3.05, 3.63) is 24.0 Å². The predicted molar refractivity (Wildman–Crippen MR) is 112 cm³/mol. The number of amides is 3. The first kappa shape index (κ1) is 21.2. The third-order valence-electron chi connectivity index (χ3n) is 6.05. The molecule has 2 saturated heterocycles. The van der Waals surface area contributed by atoms with Crippen molar-refractivity contribution in [2.75, 3.05) is 49.6 Å². The van der Waals surface area contributed by atoms with Crippen molar-refractivity contribution >= 4 is 41.2 Å². The molecule has 164 valence electrons. The molecule has 31 heavy (non-hydrogen) atoms. The molecule has 0 bridgehead atoms. The third-order valence-corrected chi connectivity index (χ3v) is 6.37. The van der Waals surface area contributed by atoms with Crippen LogP contribution in [0.2, 0.25) is 0 Å². The topological polar surface area (TPSA) is 97.2 Å². The molecule has 4 rings (SSSR count). The Bertz CT molecular complexity index is 971. The fraction of sp³-hybridized carbons (Fsp3) is 0.500. The van der Waals surface area contributed by atoms with Gasteiger partial charge in [0.2, 0.25) is 5.91 Å². The number of ether oxygens (including phenoxy) is 1. The summed E-state index contributed by atoms with van der Waals surface area (Å²) in [6.45, 7) is 1.82. The minimum absolute atomic E-state index is 0.0713. The van der Waals surface area contributed by atoms with Crippen molar-refractivity contribution in [3.8, 4) is 6.07 Å². The van der Waals surface area contributed by atoms with Crippen LogP contribution < -0.4 is 9.80 Å². The summed E-state index contributed by atoms with van der Waals surface area (Å²) >= 11 is 3.72. The molecule has 3 fully saturated rings. The molecular weight excluding hydrogens is 425 g/mol. The number of nitrogens with zero attached hydrogens (tertiary/aromatic N) is 5. The number of piperazine rings is 1. The quantitative estimate of drug-likeness (QED) is 0.710. The molecule has 11 heteroatoms. The second-order valence-corrected chi connectivity index (χ2v) is 8.33. The lowest BCUT2D eigenvalue weighted by Gasteiger charge is -2.37. The van der Waals surface area contributed by atoms with Gasteiger partial charge in [0.05, 0.1) is 24.0 Å². The van der Waals surface area contributed by atoms with Crippen LogP contribution in [0.25, 0.3) is 0 Å². The maximum absolute atomic E-state index is 14.9. The highest BCUT2D eigenvalue weighted by Gasteiger charge is 2.52. The van der Waals surface area contributed by atoms with Crippen LogP contribution in [0, 0.1) is 22.6 Å². The van der Waals surface area contributed by atoms with E-state index in [-0.39, 0.29) is 12.5 Å². The molecule has 9 nitrogen and oxygen atoms in total. The van der Waals surface area contributed by atoms with Crippen LogP contribution in [0.3, 0.4) is 0 Å². The fourth-order valence-corrected chi connectivity index (χ4v) is 3.98. The number of nitriles is 1.